The molecule has 14 heavy (non-hydrogen) atoms. The maximum Gasteiger partial charge on any atom is 0.0562 e. The zero-order valence-electron chi connectivity index (χ0n) is 7.96. The van der Waals surface area contributed by atoms with E-state index in [-0.39, 0.29) is 0 Å². The second kappa shape index (κ2) is 4.47. The Morgan fingerprint density at radius 3 is 2.36 bits per heavy atom. The minimum absolute atomic E-state index is 0.754. The maximum atomic E-state index is 5.78. The highest BCUT2D eigenvalue weighted by atomic mass is 35.5. The molecule has 0 aromatic heterocycles. The van der Waals surface area contributed by atoms with E-state index >= 15 is 0 Å². The molecule has 2 rings (SSSR count). The molecule has 1 aliphatic rings. The van der Waals surface area contributed by atoms with Crippen LogP contribution in [0.1, 0.15) is 25.7 Å². The molecule has 74 valence electrons. The Labute approximate surface area is 89.0 Å². The van der Waals surface area contributed by atoms with E-state index in [1.165, 1.54) is 18.6 Å². The number of hydrogen-bond donors (Lipinski definition) is 1. The van der Waals surface area contributed by atoms with E-state index < -0.39 is 0 Å². The van der Waals surface area contributed by atoms with Crippen molar-refractivity contribution in [1.29, 1.82) is 0 Å². The number of rotatable bonds is 2. The van der Waals surface area contributed by atoms with E-state index in [0.717, 1.165) is 23.6 Å². The summed E-state index contributed by atoms with van der Waals surface area (Å²) in [6, 6.07) is 7.58. The minimum Gasteiger partial charge on any atom is -0.279 e. The van der Waals surface area contributed by atoms with Gasteiger partial charge in [-0.2, -0.15) is 5.10 Å². The van der Waals surface area contributed by atoms with Gasteiger partial charge in [0.15, 0.2) is 0 Å². The van der Waals surface area contributed by atoms with E-state index in [1.807, 2.05) is 24.3 Å². The van der Waals surface area contributed by atoms with Crippen LogP contribution in [0, 0.1) is 0 Å². The molecule has 1 aromatic rings. The van der Waals surface area contributed by atoms with E-state index in [9.17, 15) is 0 Å². The average molecular weight is 209 g/mol. The average Bonchev–Trinajstić information content (AvgIpc) is 2.70. The van der Waals surface area contributed by atoms with E-state index in [2.05, 4.69) is 10.5 Å². The Hall–Kier alpha value is -1.02. The molecule has 3 heteroatoms. The van der Waals surface area contributed by atoms with Gasteiger partial charge in [0.1, 0.15) is 0 Å². The van der Waals surface area contributed by atoms with Crippen molar-refractivity contribution in [3.63, 3.8) is 0 Å². The molecule has 0 saturated heterocycles. The molecule has 0 heterocycles. The molecule has 1 aliphatic carbocycles. The summed E-state index contributed by atoms with van der Waals surface area (Å²) in [7, 11) is 0. The van der Waals surface area contributed by atoms with Crippen LogP contribution in [-0.2, 0) is 0 Å². The van der Waals surface area contributed by atoms with Crippen LogP contribution in [0.5, 0.6) is 0 Å². The molecule has 0 aliphatic heterocycles. The SMILES string of the molecule is Clc1ccc(NN=C2CCCC2)cc1. The highest BCUT2D eigenvalue weighted by Gasteiger charge is 2.07. The third-order valence-electron chi connectivity index (χ3n) is 2.37. The molecule has 0 unspecified atom stereocenters. The highest BCUT2D eigenvalue weighted by Crippen LogP contribution is 2.16. The zero-order chi connectivity index (χ0) is 9.80. The molecule has 2 nitrogen and oxygen atoms in total. The van der Waals surface area contributed by atoms with E-state index in [1.54, 1.807) is 0 Å². The maximum absolute atomic E-state index is 5.78. The summed E-state index contributed by atoms with van der Waals surface area (Å²) in [5.74, 6) is 0. The van der Waals surface area contributed by atoms with Crippen LogP contribution < -0.4 is 5.43 Å². The summed E-state index contributed by atoms with van der Waals surface area (Å²) >= 11 is 5.78. The smallest absolute Gasteiger partial charge is 0.0562 e. The van der Waals surface area contributed by atoms with Crippen LogP contribution in [0.4, 0.5) is 5.69 Å². The molecule has 0 bridgehead atoms. The van der Waals surface area contributed by atoms with Crippen molar-refractivity contribution in [3.05, 3.63) is 29.3 Å². The number of nitrogens with one attached hydrogen (secondary N) is 1. The van der Waals surface area contributed by atoms with Gasteiger partial charge in [-0.1, -0.05) is 11.6 Å². The third kappa shape index (κ3) is 2.48. The predicted octanol–water partition coefficient (Wildman–Crippen LogP) is 3.68. The van der Waals surface area contributed by atoms with E-state index in [4.69, 9.17) is 11.6 Å². The van der Waals surface area contributed by atoms with Gasteiger partial charge in [0, 0.05) is 10.7 Å². The lowest BCUT2D eigenvalue weighted by atomic mass is 10.3. The quantitative estimate of drug-likeness (QED) is 0.737. The first-order valence-electron chi connectivity index (χ1n) is 4.91. The Kier molecular flexibility index (Phi) is 3.04. The summed E-state index contributed by atoms with van der Waals surface area (Å²) < 4.78 is 0. The van der Waals surface area contributed by atoms with Gasteiger partial charge >= 0.3 is 0 Å². The second-order valence-electron chi connectivity index (χ2n) is 3.50. The first-order chi connectivity index (χ1) is 6.84. The predicted molar refractivity (Wildman–Crippen MR) is 61.0 cm³/mol. The fraction of sp³-hybridized carbons (Fsp3) is 0.364. The molecule has 1 saturated carbocycles. The molecular weight excluding hydrogens is 196 g/mol. The highest BCUT2D eigenvalue weighted by molar-refractivity contribution is 6.30. The lowest BCUT2D eigenvalue weighted by Crippen LogP contribution is -1.95. The van der Waals surface area contributed by atoms with Crippen molar-refractivity contribution in [2.45, 2.75) is 25.7 Å². The fourth-order valence-corrected chi connectivity index (χ4v) is 1.69. The van der Waals surface area contributed by atoms with Crippen LogP contribution in [0.15, 0.2) is 29.4 Å². The monoisotopic (exact) mass is 208 g/mol. The molecule has 0 radical (unpaired) electrons. The lowest BCUT2D eigenvalue weighted by molar-refractivity contribution is 0.886. The van der Waals surface area contributed by atoms with Gasteiger partial charge in [-0.15, -0.1) is 0 Å². The van der Waals surface area contributed by atoms with Gasteiger partial charge in [-0.25, -0.2) is 0 Å². The van der Waals surface area contributed by atoms with Gasteiger partial charge in [0.25, 0.3) is 0 Å². The summed E-state index contributed by atoms with van der Waals surface area (Å²) in [6.07, 6.45) is 4.84. The number of anilines is 1. The van der Waals surface area contributed by atoms with Crippen molar-refractivity contribution >= 4 is 23.0 Å². The van der Waals surface area contributed by atoms with Crippen molar-refractivity contribution < 1.29 is 0 Å². The molecular formula is C11H13ClN2. The van der Waals surface area contributed by atoms with Crippen molar-refractivity contribution in [2.75, 3.05) is 5.43 Å². The van der Waals surface area contributed by atoms with Gasteiger partial charge in [-0.05, 0) is 49.9 Å². The van der Waals surface area contributed by atoms with Crippen LogP contribution in [0.25, 0.3) is 0 Å². The second-order valence-corrected chi connectivity index (χ2v) is 3.94. The largest absolute Gasteiger partial charge is 0.279 e. The van der Waals surface area contributed by atoms with Crippen LogP contribution in [-0.4, -0.2) is 5.71 Å². The van der Waals surface area contributed by atoms with Crippen LogP contribution in [0.3, 0.4) is 0 Å². The number of hydrazone groups is 1. The fourth-order valence-electron chi connectivity index (χ4n) is 1.56. The number of nitrogens with zero attached hydrogens (tertiary/aromatic N) is 1. The standard InChI is InChI=1S/C11H13ClN2/c12-9-5-7-11(8-6-9)14-13-10-3-1-2-4-10/h5-8,14H,1-4H2. The molecule has 0 amide bonds. The number of hydrogen-bond acceptors (Lipinski definition) is 2. The summed E-state index contributed by atoms with van der Waals surface area (Å²) in [5, 5.41) is 5.10. The van der Waals surface area contributed by atoms with E-state index in [0.29, 0.717) is 0 Å². The molecule has 0 atom stereocenters. The zero-order valence-corrected chi connectivity index (χ0v) is 8.72. The number of halogens is 1. The third-order valence-corrected chi connectivity index (χ3v) is 2.62. The van der Waals surface area contributed by atoms with Gasteiger partial charge in [0.2, 0.25) is 0 Å². The summed E-state index contributed by atoms with van der Waals surface area (Å²) in [4.78, 5) is 0. The van der Waals surface area contributed by atoms with Crippen molar-refractivity contribution in [1.82, 2.24) is 0 Å². The molecule has 1 N–H and O–H groups in total. The first-order valence-corrected chi connectivity index (χ1v) is 5.29. The normalized spacial score (nSPS) is 15.6. The van der Waals surface area contributed by atoms with Crippen LogP contribution >= 0.6 is 11.6 Å². The van der Waals surface area contributed by atoms with Gasteiger partial charge < -0.3 is 0 Å². The van der Waals surface area contributed by atoms with Crippen molar-refractivity contribution in [3.8, 4) is 0 Å². The Bertz CT molecular complexity index is 322. The summed E-state index contributed by atoms with van der Waals surface area (Å²) in [5.41, 5.74) is 5.32. The summed E-state index contributed by atoms with van der Waals surface area (Å²) in [6.45, 7) is 0. The van der Waals surface area contributed by atoms with Gasteiger partial charge in [-0.3, -0.25) is 5.43 Å². The minimum atomic E-state index is 0.754. The topological polar surface area (TPSA) is 24.4 Å². The number of benzene rings is 1. The lowest BCUT2D eigenvalue weighted by Gasteiger charge is -2.01. The Balaban J connectivity index is 1.97. The van der Waals surface area contributed by atoms with Crippen molar-refractivity contribution in [2.24, 2.45) is 5.10 Å². The first kappa shape index (κ1) is 9.53. The van der Waals surface area contributed by atoms with Gasteiger partial charge in [0.05, 0.1) is 5.69 Å². The Morgan fingerprint density at radius 2 is 1.71 bits per heavy atom. The molecule has 0 spiro atoms. The Morgan fingerprint density at radius 1 is 1.07 bits per heavy atom. The van der Waals surface area contributed by atoms with Crippen LogP contribution in [0.2, 0.25) is 5.02 Å². The molecule has 1 fully saturated rings. The molecule has 1 aromatic carbocycles.